The first-order valence-electron chi connectivity index (χ1n) is 9.04. The molecule has 28 heavy (non-hydrogen) atoms. The van der Waals surface area contributed by atoms with Crippen LogP contribution in [0.4, 0.5) is 0 Å². The summed E-state index contributed by atoms with van der Waals surface area (Å²) in [6, 6.07) is 13.0. The molecular weight excluding hydrogens is 358 g/mol. The Morgan fingerprint density at radius 3 is 2.57 bits per heavy atom. The van der Waals surface area contributed by atoms with Crippen molar-refractivity contribution in [3.63, 3.8) is 0 Å². The van der Waals surface area contributed by atoms with Crippen molar-refractivity contribution < 1.29 is 23.8 Å². The van der Waals surface area contributed by atoms with Gasteiger partial charge >= 0.3 is 5.97 Å². The number of methoxy groups -OCH3 is 1. The van der Waals surface area contributed by atoms with Crippen LogP contribution in [-0.2, 0) is 11.2 Å². The Balaban J connectivity index is 1.75. The molecule has 0 fully saturated rings. The molecule has 0 radical (unpaired) electrons. The van der Waals surface area contributed by atoms with Gasteiger partial charge in [-0.3, -0.25) is 9.59 Å². The fourth-order valence-corrected chi connectivity index (χ4v) is 3.28. The van der Waals surface area contributed by atoms with Gasteiger partial charge in [0.2, 0.25) is 0 Å². The van der Waals surface area contributed by atoms with Crippen LogP contribution in [0.3, 0.4) is 0 Å². The van der Waals surface area contributed by atoms with Crippen molar-refractivity contribution in [3.8, 4) is 5.75 Å². The van der Waals surface area contributed by atoms with E-state index in [1.165, 1.54) is 0 Å². The molecular formula is C22H23NO5. The average Bonchev–Trinajstić information content (AvgIpc) is 3.03. The monoisotopic (exact) mass is 381 g/mol. The van der Waals surface area contributed by atoms with Crippen LogP contribution < -0.4 is 10.1 Å². The lowest BCUT2D eigenvalue weighted by Gasteiger charge is -2.15. The summed E-state index contributed by atoms with van der Waals surface area (Å²) in [5.41, 5.74) is 3.14. The van der Waals surface area contributed by atoms with Gasteiger partial charge < -0.3 is 19.6 Å². The number of carbonyl (C=O) groups is 2. The number of aryl methyl sites for hydroxylation is 2. The summed E-state index contributed by atoms with van der Waals surface area (Å²) in [7, 11) is 1.54. The zero-order chi connectivity index (χ0) is 20.3. The summed E-state index contributed by atoms with van der Waals surface area (Å²) in [5, 5.41) is 13.2. The number of carboxylic acids is 1. The highest BCUT2D eigenvalue weighted by Gasteiger charge is 2.23. The Hall–Kier alpha value is -3.28. The van der Waals surface area contributed by atoms with Gasteiger partial charge in [0.15, 0.2) is 5.76 Å². The second-order valence-electron chi connectivity index (χ2n) is 6.77. The number of amides is 1. The second-order valence-corrected chi connectivity index (χ2v) is 6.77. The van der Waals surface area contributed by atoms with Crippen molar-refractivity contribution in [2.45, 2.75) is 20.3 Å². The van der Waals surface area contributed by atoms with E-state index in [0.717, 1.165) is 22.1 Å². The number of rotatable bonds is 7. The molecule has 1 atom stereocenters. The van der Waals surface area contributed by atoms with Crippen molar-refractivity contribution in [1.82, 2.24) is 5.32 Å². The van der Waals surface area contributed by atoms with Gasteiger partial charge in [-0.2, -0.15) is 0 Å². The van der Waals surface area contributed by atoms with E-state index >= 15 is 0 Å². The number of nitrogens with one attached hydrogen (secondary N) is 1. The number of aliphatic carboxylic acids is 1. The van der Waals surface area contributed by atoms with E-state index in [1.54, 1.807) is 13.2 Å². The van der Waals surface area contributed by atoms with Gasteiger partial charge in [0.05, 0.1) is 13.0 Å². The first kappa shape index (κ1) is 19.5. The Bertz CT molecular complexity index is 1020. The van der Waals surface area contributed by atoms with E-state index in [0.29, 0.717) is 11.3 Å². The maximum Gasteiger partial charge on any atom is 0.308 e. The molecule has 146 valence electrons. The zero-order valence-corrected chi connectivity index (χ0v) is 16.1. The van der Waals surface area contributed by atoms with Gasteiger partial charge in [-0.25, -0.2) is 0 Å². The molecule has 0 saturated carbocycles. The minimum absolute atomic E-state index is 0.0122. The van der Waals surface area contributed by atoms with Crippen molar-refractivity contribution in [2.75, 3.05) is 13.7 Å². The minimum Gasteiger partial charge on any atom is -0.496 e. The summed E-state index contributed by atoms with van der Waals surface area (Å²) in [5.74, 6) is -1.34. The SMILES string of the molecule is COc1ccccc1CC(CNC(=O)c1oc2c(C)cccc2c1C)C(=O)O. The number of hydrogen-bond acceptors (Lipinski definition) is 4. The lowest BCUT2D eigenvalue weighted by atomic mass is 9.98. The number of benzene rings is 2. The molecule has 3 rings (SSSR count). The third-order valence-electron chi connectivity index (χ3n) is 4.88. The molecule has 1 heterocycles. The standard InChI is InChI=1S/C22H23NO5/c1-13-7-6-9-17-14(2)20(28-19(13)17)21(24)23-12-16(22(25)26)11-15-8-4-5-10-18(15)27-3/h4-10,16H,11-12H2,1-3H3,(H,23,24)(H,25,26). The Kier molecular flexibility index (Phi) is 5.68. The van der Waals surface area contributed by atoms with Crippen LogP contribution >= 0.6 is 0 Å². The summed E-state index contributed by atoms with van der Waals surface area (Å²) in [4.78, 5) is 24.3. The van der Waals surface area contributed by atoms with E-state index in [-0.39, 0.29) is 18.7 Å². The molecule has 0 aliphatic heterocycles. The highest BCUT2D eigenvalue weighted by molar-refractivity contribution is 5.99. The average molecular weight is 381 g/mol. The third-order valence-corrected chi connectivity index (χ3v) is 4.88. The molecule has 6 nitrogen and oxygen atoms in total. The molecule has 2 N–H and O–H groups in total. The molecule has 6 heteroatoms. The predicted octanol–water partition coefficient (Wildman–Crippen LogP) is 3.73. The van der Waals surface area contributed by atoms with Gasteiger partial charge in [0.1, 0.15) is 11.3 Å². The maximum absolute atomic E-state index is 12.6. The van der Waals surface area contributed by atoms with E-state index in [9.17, 15) is 14.7 Å². The minimum atomic E-state index is -0.983. The first-order valence-corrected chi connectivity index (χ1v) is 9.04. The van der Waals surface area contributed by atoms with Crippen LogP contribution in [0, 0.1) is 19.8 Å². The topological polar surface area (TPSA) is 88.8 Å². The lowest BCUT2D eigenvalue weighted by molar-refractivity contribution is -0.141. The number of ether oxygens (including phenoxy) is 1. The maximum atomic E-state index is 12.6. The molecule has 3 aromatic rings. The van der Waals surface area contributed by atoms with Crippen molar-refractivity contribution >= 4 is 22.8 Å². The van der Waals surface area contributed by atoms with E-state index in [4.69, 9.17) is 9.15 Å². The Morgan fingerprint density at radius 2 is 1.89 bits per heavy atom. The third kappa shape index (κ3) is 3.86. The first-order chi connectivity index (χ1) is 13.4. The van der Waals surface area contributed by atoms with E-state index in [1.807, 2.05) is 50.2 Å². The summed E-state index contributed by atoms with van der Waals surface area (Å²) >= 11 is 0. The largest absolute Gasteiger partial charge is 0.496 e. The molecule has 0 aliphatic rings. The van der Waals surface area contributed by atoms with Crippen LogP contribution in [0.2, 0.25) is 0 Å². The Labute approximate surface area is 163 Å². The number of carboxylic acid groups (broad SMARTS) is 1. The predicted molar refractivity (Wildman–Crippen MR) is 106 cm³/mol. The van der Waals surface area contributed by atoms with Crippen LogP contribution in [0.1, 0.15) is 27.2 Å². The smallest absolute Gasteiger partial charge is 0.308 e. The fourth-order valence-electron chi connectivity index (χ4n) is 3.28. The Morgan fingerprint density at radius 1 is 1.14 bits per heavy atom. The highest BCUT2D eigenvalue weighted by atomic mass is 16.5. The van der Waals surface area contributed by atoms with Crippen LogP contribution in [0.15, 0.2) is 46.9 Å². The second kappa shape index (κ2) is 8.17. The van der Waals surface area contributed by atoms with Crippen molar-refractivity contribution in [3.05, 3.63) is 64.9 Å². The molecule has 0 spiro atoms. The number of furan rings is 1. The van der Waals surface area contributed by atoms with Gasteiger partial charge in [0, 0.05) is 17.5 Å². The number of para-hydroxylation sites is 2. The van der Waals surface area contributed by atoms with Crippen LogP contribution in [-0.4, -0.2) is 30.6 Å². The molecule has 0 saturated heterocycles. The van der Waals surface area contributed by atoms with Gasteiger partial charge in [-0.05, 0) is 37.5 Å². The molecule has 1 unspecified atom stereocenters. The van der Waals surface area contributed by atoms with E-state index in [2.05, 4.69) is 5.32 Å². The molecule has 1 aromatic heterocycles. The van der Waals surface area contributed by atoms with Crippen molar-refractivity contribution in [2.24, 2.45) is 5.92 Å². The van der Waals surface area contributed by atoms with Crippen LogP contribution in [0.25, 0.3) is 11.0 Å². The molecule has 2 aromatic carbocycles. The molecule has 1 amide bonds. The summed E-state index contributed by atoms with van der Waals surface area (Å²) in [6.07, 6.45) is 0.248. The normalized spacial score (nSPS) is 12.0. The zero-order valence-electron chi connectivity index (χ0n) is 16.1. The van der Waals surface area contributed by atoms with Crippen molar-refractivity contribution in [1.29, 1.82) is 0 Å². The fraction of sp³-hybridized carbons (Fsp3) is 0.273. The van der Waals surface area contributed by atoms with E-state index < -0.39 is 17.8 Å². The quantitative estimate of drug-likeness (QED) is 0.651. The number of fused-ring (bicyclic) bond motifs is 1. The summed E-state index contributed by atoms with van der Waals surface area (Å²) in [6.45, 7) is 3.73. The summed E-state index contributed by atoms with van der Waals surface area (Å²) < 4.78 is 11.0. The highest BCUT2D eigenvalue weighted by Crippen LogP contribution is 2.27. The molecule has 0 aliphatic carbocycles. The van der Waals surface area contributed by atoms with Crippen LogP contribution in [0.5, 0.6) is 5.75 Å². The number of hydrogen-bond donors (Lipinski definition) is 2. The van der Waals surface area contributed by atoms with Gasteiger partial charge in [-0.1, -0.05) is 36.4 Å². The lowest BCUT2D eigenvalue weighted by Crippen LogP contribution is -2.34. The van der Waals surface area contributed by atoms with Gasteiger partial charge in [0.25, 0.3) is 5.91 Å². The number of carbonyl (C=O) groups excluding carboxylic acids is 1. The van der Waals surface area contributed by atoms with Gasteiger partial charge in [-0.15, -0.1) is 0 Å². The molecule has 0 bridgehead atoms.